The van der Waals surface area contributed by atoms with Crippen molar-refractivity contribution in [1.29, 1.82) is 0 Å². The van der Waals surface area contributed by atoms with Gasteiger partial charge in [0.25, 0.3) is 0 Å². The second-order valence-electron chi connectivity index (χ2n) is 14.4. The number of rotatable bonds is 6. The van der Waals surface area contributed by atoms with Gasteiger partial charge >= 0.3 is 0 Å². The Morgan fingerprint density at radius 1 is 0.722 bits per heavy atom. The number of benzene rings is 6. The Hall–Kier alpha value is -5.57. The number of phenolic OH excluding ortho intramolecular Hbond substituents is 1. The van der Waals surface area contributed by atoms with Gasteiger partial charge < -0.3 is 5.11 Å². The van der Waals surface area contributed by atoms with E-state index in [1.54, 1.807) is 30.5 Å². The molecule has 8 aromatic rings. The van der Waals surface area contributed by atoms with Crippen LogP contribution in [0.5, 0.6) is 5.75 Å². The molecule has 54 heavy (non-hydrogen) atoms. The van der Waals surface area contributed by atoms with Crippen molar-refractivity contribution in [1.82, 2.24) is 14.5 Å². The van der Waals surface area contributed by atoms with Crippen LogP contribution in [0.2, 0.25) is 0 Å². The molecule has 0 amide bonds. The summed E-state index contributed by atoms with van der Waals surface area (Å²) in [5.41, 5.74) is 8.89. The molecular formula is C49H42N3OPt-. The van der Waals surface area contributed by atoms with E-state index in [0.29, 0.717) is 61.6 Å². The fraction of sp³-hybridized carbons (Fsp3) is 0.143. The number of phenols is 1. The van der Waals surface area contributed by atoms with E-state index in [9.17, 15) is 5.11 Å². The average Bonchev–Trinajstić information content (AvgIpc) is 3.62. The van der Waals surface area contributed by atoms with Crippen molar-refractivity contribution >= 4 is 11.0 Å². The molecule has 4 nitrogen and oxygen atoms in total. The number of nitrogens with zero attached hydrogens (tertiary/aromatic N) is 3. The van der Waals surface area contributed by atoms with Crippen molar-refractivity contribution in [2.24, 2.45) is 0 Å². The summed E-state index contributed by atoms with van der Waals surface area (Å²) in [6, 6.07) is 33.5. The third-order valence-corrected chi connectivity index (χ3v) is 9.57. The molecule has 6 aromatic carbocycles. The number of fused-ring (bicyclic) bond motifs is 1. The van der Waals surface area contributed by atoms with Gasteiger partial charge in [0.15, 0.2) is 0 Å². The van der Waals surface area contributed by atoms with Gasteiger partial charge in [-0.3, -0.25) is 9.55 Å². The number of aryl methyl sites for hydroxylation is 3. The Kier molecular flexibility index (Phi) is 7.60. The Bertz CT molecular complexity index is 3020. The summed E-state index contributed by atoms with van der Waals surface area (Å²) in [6.07, 6.45) is 1.55. The van der Waals surface area contributed by atoms with Crippen LogP contribution in [0.1, 0.15) is 54.0 Å². The minimum absolute atomic E-state index is 0. The summed E-state index contributed by atoms with van der Waals surface area (Å²) < 4.78 is 69.9. The number of hydrogen-bond donors (Lipinski definition) is 1. The normalized spacial score (nSPS) is 13.8. The maximum Gasteiger partial charge on any atom is 0.148 e. The largest absolute Gasteiger partial charge is 0.507 e. The van der Waals surface area contributed by atoms with Gasteiger partial charge in [0, 0.05) is 37.1 Å². The van der Waals surface area contributed by atoms with Crippen LogP contribution in [0.15, 0.2) is 140 Å². The van der Waals surface area contributed by atoms with Gasteiger partial charge in [-0.2, -0.15) is 0 Å². The maximum atomic E-state index is 11.6. The van der Waals surface area contributed by atoms with Crippen molar-refractivity contribution in [3.8, 4) is 67.5 Å². The van der Waals surface area contributed by atoms with Gasteiger partial charge in [0.05, 0.1) is 29.1 Å². The first-order valence-corrected chi connectivity index (χ1v) is 17.5. The van der Waals surface area contributed by atoms with Crippen LogP contribution in [0.25, 0.3) is 72.7 Å². The van der Waals surface area contributed by atoms with E-state index in [4.69, 9.17) is 16.0 Å². The molecule has 0 saturated carbocycles. The summed E-state index contributed by atoms with van der Waals surface area (Å²) in [5.74, 6) is 0.401. The minimum Gasteiger partial charge on any atom is -0.507 e. The molecule has 0 unspecified atom stereocenters. The molecule has 0 aliphatic heterocycles. The smallest absolute Gasteiger partial charge is 0.148 e. The van der Waals surface area contributed by atoms with Crippen molar-refractivity contribution in [3.05, 3.63) is 168 Å². The summed E-state index contributed by atoms with van der Waals surface area (Å²) >= 11 is 0. The van der Waals surface area contributed by atoms with Crippen LogP contribution in [0.3, 0.4) is 0 Å². The van der Waals surface area contributed by atoms with Gasteiger partial charge in [-0.1, -0.05) is 123 Å². The molecule has 0 bridgehead atoms. The first-order valence-electron chi connectivity index (χ1n) is 21.5. The summed E-state index contributed by atoms with van der Waals surface area (Å²) in [5, 5.41) is 11.6. The summed E-state index contributed by atoms with van der Waals surface area (Å²) in [6.45, 7) is 7.53. The Labute approximate surface area is 343 Å². The molecular weight excluding hydrogens is 842 g/mol. The number of pyridine rings is 1. The monoisotopic (exact) mass is 891 g/mol. The number of para-hydroxylation sites is 1. The maximum absolute atomic E-state index is 11.6. The van der Waals surface area contributed by atoms with E-state index in [1.165, 1.54) is 0 Å². The van der Waals surface area contributed by atoms with E-state index in [0.717, 1.165) is 22.3 Å². The van der Waals surface area contributed by atoms with Gasteiger partial charge in [-0.25, -0.2) is 4.98 Å². The van der Waals surface area contributed by atoms with E-state index in [1.807, 2.05) is 97.3 Å². The van der Waals surface area contributed by atoms with E-state index in [-0.39, 0.29) is 55.4 Å². The molecule has 0 atom stereocenters. The van der Waals surface area contributed by atoms with Crippen molar-refractivity contribution in [2.45, 2.75) is 46.9 Å². The molecule has 2 aromatic heterocycles. The first kappa shape index (κ1) is 28.0. The van der Waals surface area contributed by atoms with Crippen molar-refractivity contribution in [2.75, 3.05) is 0 Å². The second kappa shape index (κ2) is 14.7. The van der Waals surface area contributed by atoms with Crippen LogP contribution in [0.4, 0.5) is 0 Å². The fourth-order valence-corrected chi connectivity index (χ4v) is 6.83. The molecule has 5 heteroatoms. The third kappa shape index (κ3) is 6.95. The fourth-order valence-electron chi connectivity index (χ4n) is 6.83. The SMILES string of the molecule is [2H]c1c([2H])c([2H])c(-c2ccnc(-c3[c-]c(-c4cccc5c4nc(-c4cc(C)cc(C)c4O)n5-c4ccc(-c5ccccc5)cc4C([2H])([2H])[2H])cc(C(C)(C)C)c3)c2)c([2H])c1[2H].[Pt]. The molecule has 0 spiro atoms. The molecule has 0 aliphatic carbocycles. The van der Waals surface area contributed by atoms with Gasteiger partial charge in [-0.05, 0) is 95.4 Å². The standard InChI is InChI=1S/C49H42N3O.Pt/c1-31-24-33(3)47(53)42(25-31)48-51-46-41(18-13-19-45(46)52(48)44-21-20-36(26-32(44)2)34-14-9-7-10-15-34)38-27-39(29-40(28-38)49(4,5)6)43-30-37(22-23-50-43)35-16-11-8-12-17-35;/h7-26,28-30,53H,1-6H3;/q-1;/i2D3,8D,11D,12D,16D,17D;. The van der Waals surface area contributed by atoms with Crippen LogP contribution in [0, 0.1) is 26.8 Å². The average molecular weight is 892 g/mol. The third-order valence-electron chi connectivity index (χ3n) is 9.57. The number of aromatic hydroxyl groups is 1. The Morgan fingerprint density at radius 2 is 1.48 bits per heavy atom. The second-order valence-corrected chi connectivity index (χ2v) is 14.4. The molecule has 1 N–H and O–H groups in total. The van der Waals surface area contributed by atoms with Crippen molar-refractivity contribution < 1.29 is 37.1 Å². The van der Waals surface area contributed by atoms with Crippen LogP contribution in [-0.2, 0) is 26.5 Å². The van der Waals surface area contributed by atoms with Crippen LogP contribution < -0.4 is 0 Å². The summed E-state index contributed by atoms with van der Waals surface area (Å²) in [7, 11) is 0. The van der Waals surface area contributed by atoms with Gasteiger partial charge in [-0.15, -0.1) is 29.3 Å². The minimum atomic E-state index is -2.52. The van der Waals surface area contributed by atoms with E-state index >= 15 is 0 Å². The van der Waals surface area contributed by atoms with Crippen molar-refractivity contribution in [3.63, 3.8) is 0 Å². The van der Waals surface area contributed by atoms with E-state index in [2.05, 4.69) is 31.8 Å². The van der Waals surface area contributed by atoms with Gasteiger partial charge in [0.2, 0.25) is 0 Å². The topological polar surface area (TPSA) is 50.9 Å². The molecule has 0 radical (unpaired) electrons. The number of aromatic nitrogens is 3. The predicted molar refractivity (Wildman–Crippen MR) is 219 cm³/mol. The van der Waals surface area contributed by atoms with Crippen LogP contribution >= 0.6 is 0 Å². The number of imidazole rings is 1. The van der Waals surface area contributed by atoms with E-state index < -0.39 is 25.0 Å². The predicted octanol–water partition coefficient (Wildman–Crippen LogP) is 12.5. The molecule has 0 aliphatic rings. The Morgan fingerprint density at radius 3 is 2.24 bits per heavy atom. The molecule has 2 heterocycles. The molecule has 8 rings (SSSR count). The zero-order chi connectivity index (χ0) is 43.7. The zero-order valence-electron chi connectivity index (χ0n) is 38.5. The zero-order valence-corrected chi connectivity index (χ0v) is 32.8. The van der Waals surface area contributed by atoms with Gasteiger partial charge in [0.1, 0.15) is 11.6 Å². The summed E-state index contributed by atoms with van der Waals surface area (Å²) in [4.78, 5) is 9.94. The molecule has 0 fully saturated rings. The molecule has 0 saturated heterocycles. The number of hydrogen-bond acceptors (Lipinski definition) is 3. The Balaban J connectivity index is 0.00000578. The quantitative estimate of drug-likeness (QED) is 0.169. The first-order chi connectivity index (χ1) is 28.8. The van der Waals surface area contributed by atoms with Crippen LogP contribution in [-0.4, -0.2) is 19.6 Å². The molecule has 270 valence electrons.